The summed E-state index contributed by atoms with van der Waals surface area (Å²) < 4.78 is 59.2. The number of benzene rings is 3. The van der Waals surface area contributed by atoms with Crippen LogP contribution >= 0.6 is 15.9 Å². The molecule has 220 valence electrons. The lowest BCUT2D eigenvalue weighted by molar-refractivity contribution is -0.137. The number of amides is 1. The van der Waals surface area contributed by atoms with Crippen molar-refractivity contribution in [3.8, 4) is 11.3 Å². The molecule has 0 bridgehead atoms. The number of carboxylic acid groups (broad SMARTS) is 1. The molecule has 1 heterocycles. The second-order valence-electron chi connectivity index (χ2n) is 11.1. The normalized spacial score (nSPS) is 12.4. The van der Waals surface area contributed by atoms with Gasteiger partial charge in [0.25, 0.3) is 5.91 Å². The lowest BCUT2D eigenvalue weighted by Crippen LogP contribution is -2.48. The Labute approximate surface area is 249 Å². The van der Waals surface area contributed by atoms with Crippen LogP contribution in [0.5, 0.6) is 0 Å². The Hall–Kier alpha value is -3.79. The van der Waals surface area contributed by atoms with Gasteiger partial charge in [0.05, 0.1) is 16.8 Å². The van der Waals surface area contributed by atoms with Crippen LogP contribution in [0.4, 0.5) is 17.6 Å². The van der Waals surface area contributed by atoms with Gasteiger partial charge in [0.2, 0.25) is 0 Å². The highest BCUT2D eigenvalue weighted by Gasteiger charge is 2.35. The van der Waals surface area contributed by atoms with Gasteiger partial charge in [0.1, 0.15) is 0 Å². The summed E-state index contributed by atoms with van der Waals surface area (Å²) in [7, 11) is 0. The lowest BCUT2D eigenvalue weighted by Gasteiger charge is -2.39. The van der Waals surface area contributed by atoms with E-state index in [4.69, 9.17) is 4.98 Å². The second-order valence-corrected chi connectivity index (χ2v) is 12.0. The van der Waals surface area contributed by atoms with E-state index in [-0.39, 0.29) is 12.5 Å². The van der Waals surface area contributed by atoms with Crippen molar-refractivity contribution in [3.05, 3.63) is 99.0 Å². The van der Waals surface area contributed by atoms with Crippen LogP contribution in [0.15, 0.2) is 59.1 Å². The maximum atomic E-state index is 15.0. The van der Waals surface area contributed by atoms with Crippen LogP contribution in [0.2, 0.25) is 0 Å². The molecule has 0 fully saturated rings. The first-order valence-corrected chi connectivity index (χ1v) is 14.0. The van der Waals surface area contributed by atoms with Gasteiger partial charge in [-0.3, -0.25) is 9.59 Å². The van der Waals surface area contributed by atoms with E-state index in [2.05, 4.69) is 15.9 Å². The summed E-state index contributed by atoms with van der Waals surface area (Å²) in [5, 5.41) is 9.86. The van der Waals surface area contributed by atoms with E-state index < -0.39 is 65.1 Å². The molecule has 1 atom stereocenters. The van der Waals surface area contributed by atoms with Crippen LogP contribution in [0, 0.1) is 30.2 Å². The summed E-state index contributed by atoms with van der Waals surface area (Å²) in [5.74, 6) is -9.60. The van der Waals surface area contributed by atoms with Gasteiger partial charge in [-0.2, -0.15) is 0 Å². The first-order chi connectivity index (χ1) is 19.7. The maximum Gasteiger partial charge on any atom is 0.303 e. The average molecular weight is 645 g/mol. The van der Waals surface area contributed by atoms with Gasteiger partial charge >= 0.3 is 5.97 Å². The third kappa shape index (κ3) is 6.33. The average Bonchev–Trinajstić information content (AvgIpc) is 2.92. The highest BCUT2D eigenvalue weighted by atomic mass is 79.9. The van der Waals surface area contributed by atoms with Crippen LogP contribution < -0.4 is 0 Å². The van der Waals surface area contributed by atoms with Crippen LogP contribution in [-0.2, 0) is 4.79 Å². The fraction of sp³-hybridized carbons (Fsp3) is 0.281. The van der Waals surface area contributed by atoms with E-state index in [0.717, 1.165) is 5.56 Å². The number of hydrogen-bond donors (Lipinski definition) is 1. The molecular weight excluding hydrogens is 616 g/mol. The fourth-order valence-electron chi connectivity index (χ4n) is 5.07. The van der Waals surface area contributed by atoms with Crippen molar-refractivity contribution in [2.75, 3.05) is 6.54 Å². The van der Waals surface area contributed by atoms with E-state index in [1.165, 1.54) is 4.90 Å². The number of nitrogens with zero attached hydrogens (tertiary/aromatic N) is 2. The third-order valence-electron chi connectivity index (χ3n) is 7.17. The summed E-state index contributed by atoms with van der Waals surface area (Å²) in [6, 6.07) is 14.7. The zero-order chi connectivity index (χ0) is 30.9. The molecule has 0 aliphatic rings. The van der Waals surface area contributed by atoms with E-state index in [1.807, 2.05) is 30.3 Å². The van der Waals surface area contributed by atoms with Gasteiger partial charge in [0.15, 0.2) is 23.3 Å². The SMILES string of the molecule is Cc1c(-c2ccccc2)nc2ccc(Br)cc2c1C(=O)N(CC(CCC(=O)O)c1c(F)c(F)cc(F)c1F)C(C)(C)C. The van der Waals surface area contributed by atoms with E-state index in [9.17, 15) is 32.3 Å². The van der Waals surface area contributed by atoms with Gasteiger partial charge in [-0.15, -0.1) is 0 Å². The standard InChI is InChI=1S/C32H29BrF4N2O3/c1-17-26(21-14-20(33)11-12-24(21)38-30(17)18-8-6-5-7-9-18)31(42)39(32(2,3)4)16-19(10-13-25(40)41)27-28(36)22(34)15-23(35)29(27)37/h5-9,11-12,14-15,19H,10,13,16H2,1-4H3,(H,40,41). The Balaban J connectivity index is 1.93. The smallest absolute Gasteiger partial charge is 0.303 e. The van der Waals surface area contributed by atoms with Gasteiger partial charge in [0, 0.05) is 51.5 Å². The number of pyridine rings is 1. The molecule has 5 nitrogen and oxygen atoms in total. The van der Waals surface area contributed by atoms with Crippen molar-refractivity contribution in [1.82, 2.24) is 9.88 Å². The molecule has 42 heavy (non-hydrogen) atoms. The van der Waals surface area contributed by atoms with Crippen molar-refractivity contribution < 1.29 is 32.3 Å². The largest absolute Gasteiger partial charge is 0.481 e. The molecule has 4 rings (SSSR count). The van der Waals surface area contributed by atoms with Crippen molar-refractivity contribution in [3.63, 3.8) is 0 Å². The number of carbonyl (C=O) groups excluding carboxylic acids is 1. The van der Waals surface area contributed by atoms with Crippen LogP contribution in [0.3, 0.4) is 0 Å². The fourth-order valence-corrected chi connectivity index (χ4v) is 5.44. The van der Waals surface area contributed by atoms with Crippen LogP contribution in [0.1, 0.15) is 61.0 Å². The molecule has 0 aliphatic heterocycles. The Kier molecular flexibility index (Phi) is 9.06. The second kappa shape index (κ2) is 12.2. The molecule has 1 N–H and O–H groups in total. The summed E-state index contributed by atoms with van der Waals surface area (Å²) >= 11 is 3.45. The predicted octanol–water partition coefficient (Wildman–Crippen LogP) is 8.42. The quantitative estimate of drug-likeness (QED) is 0.154. The topological polar surface area (TPSA) is 70.5 Å². The molecule has 0 saturated heterocycles. The van der Waals surface area contributed by atoms with Gasteiger partial charge in [-0.25, -0.2) is 22.5 Å². The van der Waals surface area contributed by atoms with Gasteiger partial charge in [-0.05, 0) is 57.9 Å². The Morgan fingerprint density at radius 1 is 0.976 bits per heavy atom. The molecule has 0 saturated carbocycles. The number of halogens is 5. The zero-order valence-electron chi connectivity index (χ0n) is 23.4. The highest BCUT2D eigenvalue weighted by molar-refractivity contribution is 9.10. The molecule has 1 amide bonds. The van der Waals surface area contributed by atoms with Gasteiger partial charge < -0.3 is 10.0 Å². The monoisotopic (exact) mass is 644 g/mol. The number of aromatic nitrogens is 1. The Bertz CT molecular complexity index is 1650. The molecule has 0 spiro atoms. The Morgan fingerprint density at radius 2 is 1.60 bits per heavy atom. The summed E-state index contributed by atoms with van der Waals surface area (Å²) in [5.41, 5.74) is 0.828. The van der Waals surface area contributed by atoms with E-state index >= 15 is 0 Å². The molecule has 3 aromatic carbocycles. The first-order valence-electron chi connectivity index (χ1n) is 13.2. The minimum absolute atomic E-state index is 0.102. The van der Waals surface area contributed by atoms with Crippen molar-refractivity contribution in [1.29, 1.82) is 0 Å². The maximum absolute atomic E-state index is 15.0. The van der Waals surface area contributed by atoms with Gasteiger partial charge in [-0.1, -0.05) is 46.3 Å². The number of fused-ring (bicyclic) bond motifs is 1. The molecule has 10 heteroatoms. The summed E-state index contributed by atoms with van der Waals surface area (Å²) in [6.45, 7) is 6.48. The zero-order valence-corrected chi connectivity index (χ0v) is 25.0. The molecular formula is C32H29BrF4N2O3. The molecule has 0 aliphatic carbocycles. The van der Waals surface area contributed by atoms with Crippen LogP contribution in [-0.4, -0.2) is 39.0 Å². The highest BCUT2D eigenvalue weighted by Crippen LogP contribution is 2.36. The van der Waals surface area contributed by atoms with Crippen LogP contribution in [0.25, 0.3) is 22.2 Å². The molecule has 4 aromatic rings. The van der Waals surface area contributed by atoms with E-state index in [1.54, 1.807) is 45.9 Å². The number of aliphatic carboxylic acids is 1. The number of carbonyl (C=O) groups is 2. The van der Waals surface area contributed by atoms with Crippen molar-refractivity contribution in [2.45, 2.75) is 52.0 Å². The number of carboxylic acids is 1. The molecule has 0 radical (unpaired) electrons. The number of rotatable bonds is 8. The summed E-state index contributed by atoms with van der Waals surface area (Å²) in [6.07, 6.45) is -0.918. The minimum Gasteiger partial charge on any atom is -0.481 e. The summed E-state index contributed by atoms with van der Waals surface area (Å²) in [4.78, 5) is 32.2. The minimum atomic E-state index is -1.62. The molecule has 1 aromatic heterocycles. The Morgan fingerprint density at radius 3 is 2.17 bits per heavy atom. The number of hydrogen-bond acceptors (Lipinski definition) is 3. The third-order valence-corrected chi connectivity index (χ3v) is 7.66. The first kappa shape index (κ1) is 31.2. The predicted molar refractivity (Wildman–Crippen MR) is 156 cm³/mol. The van der Waals surface area contributed by atoms with E-state index in [0.29, 0.717) is 32.2 Å². The molecule has 1 unspecified atom stereocenters. The van der Waals surface area contributed by atoms with Crippen molar-refractivity contribution in [2.24, 2.45) is 0 Å². The lowest BCUT2D eigenvalue weighted by atomic mass is 9.89. The van der Waals surface area contributed by atoms with Crippen molar-refractivity contribution >= 4 is 38.7 Å².